The normalized spacial score (nSPS) is 10.8. The van der Waals surface area contributed by atoms with Crippen LogP contribution in [0.1, 0.15) is 0 Å². The third kappa shape index (κ3) is 3.77. The molecule has 2 aromatic heterocycles. The highest BCUT2D eigenvalue weighted by Gasteiger charge is 2.13. The molecule has 20 heavy (non-hydrogen) atoms. The van der Waals surface area contributed by atoms with E-state index in [9.17, 15) is 4.79 Å². The molecule has 7 heteroatoms. The molecule has 106 valence electrons. The standard InChI is InChI=1S/C13H15N3O2S2/c1-2-7-19-8-6-16-12-10(4-3-5-14-12)15-13(16)20-9-11(17)18/h2-5H,1,6-9H2,(H,17,18). The summed E-state index contributed by atoms with van der Waals surface area (Å²) in [6, 6.07) is 3.72. The Morgan fingerprint density at radius 3 is 3.15 bits per heavy atom. The van der Waals surface area contributed by atoms with Gasteiger partial charge in [-0.2, -0.15) is 11.8 Å². The Hall–Kier alpha value is -1.47. The van der Waals surface area contributed by atoms with E-state index in [4.69, 9.17) is 5.11 Å². The Morgan fingerprint density at radius 2 is 2.40 bits per heavy atom. The molecule has 0 radical (unpaired) electrons. The lowest BCUT2D eigenvalue weighted by molar-refractivity contribution is -0.133. The fourth-order valence-corrected chi connectivity index (χ4v) is 3.09. The van der Waals surface area contributed by atoms with Gasteiger partial charge >= 0.3 is 5.97 Å². The van der Waals surface area contributed by atoms with Crippen LogP contribution in [0.4, 0.5) is 0 Å². The van der Waals surface area contributed by atoms with E-state index in [0.29, 0.717) is 5.16 Å². The van der Waals surface area contributed by atoms with Crippen molar-refractivity contribution in [2.45, 2.75) is 11.7 Å². The number of aryl methyl sites for hydroxylation is 1. The number of imidazole rings is 1. The molecule has 0 unspecified atom stereocenters. The number of nitrogens with zero attached hydrogens (tertiary/aromatic N) is 3. The van der Waals surface area contributed by atoms with Crippen molar-refractivity contribution in [3.8, 4) is 0 Å². The summed E-state index contributed by atoms with van der Waals surface area (Å²) in [6.07, 6.45) is 3.60. The van der Waals surface area contributed by atoms with Gasteiger partial charge in [0.1, 0.15) is 5.52 Å². The van der Waals surface area contributed by atoms with Crippen LogP contribution in [0.3, 0.4) is 0 Å². The zero-order valence-electron chi connectivity index (χ0n) is 10.9. The molecule has 0 amide bonds. The van der Waals surface area contributed by atoms with Gasteiger partial charge in [0.25, 0.3) is 0 Å². The molecule has 0 saturated carbocycles. The Bertz CT molecular complexity index is 613. The number of carbonyl (C=O) groups is 1. The maximum absolute atomic E-state index is 10.7. The van der Waals surface area contributed by atoms with Crippen molar-refractivity contribution in [2.75, 3.05) is 17.3 Å². The van der Waals surface area contributed by atoms with Crippen LogP contribution in [0, 0.1) is 0 Å². The minimum absolute atomic E-state index is 0.00310. The molecule has 0 fully saturated rings. The van der Waals surface area contributed by atoms with E-state index in [1.54, 1.807) is 18.0 Å². The first-order valence-corrected chi connectivity index (χ1v) is 8.21. The molecule has 0 aromatic carbocycles. The van der Waals surface area contributed by atoms with Gasteiger partial charge in [-0.3, -0.25) is 4.79 Å². The Balaban J connectivity index is 2.19. The fraction of sp³-hybridized carbons (Fsp3) is 0.308. The van der Waals surface area contributed by atoms with Gasteiger partial charge in [-0.1, -0.05) is 17.8 Å². The average molecular weight is 309 g/mol. The lowest BCUT2D eigenvalue weighted by Gasteiger charge is -2.06. The lowest BCUT2D eigenvalue weighted by Crippen LogP contribution is -2.05. The van der Waals surface area contributed by atoms with Crippen LogP contribution in [0.25, 0.3) is 11.2 Å². The van der Waals surface area contributed by atoms with E-state index in [1.807, 2.05) is 22.8 Å². The predicted octanol–water partition coefficient (Wildman–Crippen LogP) is 2.53. The molecule has 0 atom stereocenters. The number of hydrogen-bond acceptors (Lipinski definition) is 5. The second-order valence-electron chi connectivity index (χ2n) is 3.94. The van der Waals surface area contributed by atoms with E-state index in [0.717, 1.165) is 29.2 Å². The van der Waals surface area contributed by atoms with Crippen molar-refractivity contribution in [3.63, 3.8) is 0 Å². The van der Waals surface area contributed by atoms with E-state index in [-0.39, 0.29) is 5.75 Å². The van der Waals surface area contributed by atoms with Gasteiger partial charge in [0.2, 0.25) is 0 Å². The summed E-state index contributed by atoms with van der Waals surface area (Å²) in [7, 11) is 0. The zero-order chi connectivity index (χ0) is 14.4. The highest BCUT2D eigenvalue weighted by Crippen LogP contribution is 2.23. The summed E-state index contributed by atoms with van der Waals surface area (Å²) in [6.45, 7) is 4.45. The second-order valence-corrected chi connectivity index (χ2v) is 6.03. The average Bonchev–Trinajstić information content (AvgIpc) is 2.79. The summed E-state index contributed by atoms with van der Waals surface area (Å²) in [4.78, 5) is 19.5. The van der Waals surface area contributed by atoms with Crippen molar-refractivity contribution >= 4 is 40.7 Å². The van der Waals surface area contributed by atoms with Gasteiger partial charge in [0.05, 0.1) is 5.75 Å². The molecule has 0 aliphatic rings. The van der Waals surface area contributed by atoms with Gasteiger partial charge < -0.3 is 9.67 Å². The van der Waals surface area contributed by atoms with Gasteiger partial charge in [-0.05, 0) is 12.1 Å². The maximum atomic E-state index is 10.7. The van der Waals surface area contributed by atoms with Crippen molar-refractivity contribution in [3.05, 3.63) is 31.0 Å². The van der Waals surface area contributed by atoms with Crippen LogP contribution in [0.15, 0.2) is 36.1 Å². The maximum Gasteiger partial charge on any atom is 0.313 e. The van der Waals surface area contributed by atoms with Gasteiger partial charge in [0, 0.05) is 24.2 Å². The quantitative estimate of drug-likeness (QED) is 0.459. The first-order chi connectivity index (χ1) is 9.72. The number of rotatable bonds is 8. The molecule has 5 nitrogen and oxygen atoms in total. The lowest BCUT2D eigenvalue weighted by atomic mass is 10.4. The topological polar surface area (TPSA) is 68.0 Å². The van der Waals surface area contributed by atoms with E-state index < -0.39 is 5.97 Å². The van der Waals surface area contributed by atoms with Crippen LogP contribution >= 0.6 is 23.5 Å². The number of hydrogen-bond donors (Lipinski definition) is 1. The molecule has 0 aliphatic carbocycles. The number of carboxylic acid groups (broad SMARTS) is 1. The van der Waals surface area contributed by atoms with Crippen molar-refractivity contribution in [1.82, 2.24) is 14.5 Å². The minimum atomic E-state index is -0.845. The molecular weight excluding hydrogens is 294 g/mol. The fourth-order valence-electron chi connectivity index (χ4n) is 1.70. The van der Waals surface area contributed by atoms with Crippen LogP contribution in [0.5, 0.6) is 0 Å². The van der Waals surface area contributed by atoms with E-state index in [1.165, 1.54) is 11.8 Å². The molecule has 2 rings (SSSR count). The van der Waals surface area contributed by atoms with E-state index in [2.05, 4.69) is 16.5 Å². The van der Waals surface area contributed by atoms with Crippen molar-refractivity contribution in [2.24, 2.45) is 0 Å². The third-order valence-electron chi connectivity index (χ3n) is 2.49. The number of pyridine rings is 1. The number of fused-ring (bicyclic) bond motifs is 1. The van der Waals surface area contributed by atoms with Gasteiger partial charge in [0.15, 0.2) is 10.8 Å². The SMILES string of the molecule is C=CCSCCn1c(SCC(=O)O)nc2cccnc21. The van der Waals surface area contributed by atoms with E-state index >= 15 is 0 Å². The predicted molar refractivity (Wildman–Crippen MR) is 83.4 cm³/mol. The molecule has 2 heterocycles. The molecule has 1 N–H and O–H groups in total. The number of aromatic nitrogens is 3. The molecule has 0 saturated heterocycles. The summed E-state index contributed by atoms with van der Waals surface area (Å²) in [5.41, 5.74) is 1.61. The van der Waals surface area contributed by atoms with Crippen LogP contribution in [-0.2, 0) is 11.3 Å². The highest BCUT2D eigenvalue weighted by atomic mass is 32.2. The monoisotopic (exact) mass is 309 g/mol. The summed E-state index contributed by atoms with van der Waals surface area (Å²) in [5, 5.41) is 9.51. The van der Waals surface area contributed by atoms with Gasteiger partial charge in [-0.15, -0.1) is 6.58 Å². The first kappa shape index (κ1) is 14.9. The largest absolute Gasteiger partial charge is 0.481 e. The first-order valence-electron chi connectivity index (χ1n) is 6.07. The second kappa shape index (κ2) is 7.35. The Morgan fingerprint density at radius 1 is 1.55 bits per heavy atom. The summed E-state index contributed by atoms with van der Waals surface area (Å²) >= 11 is 3.00. The van der Waals surface area contributed by atoms with Crippen LogP contribution in [-0.4, -0.2) is 42.9 Å². The van der Waals surface area contributed by atoms with Gasteiger partial charge in [-0.25, -0.2) is 9.97 Å². The molecule has 0 bridgehead atoms. The third-order valence-corrected chi connectivity index (χ3v) is 4.39. The van der Waals surface area contributed by atoms with Crippen molar-refractivity contribution in [1.29, 1.82) is 0 Å². The van der Waals surface area contributed by atoms with Crippen LogP contribution < -0.4 is 0 Å². The molecule has 0 aliphatic heterocycles. The Labute approximate surface area is 125 Å². The highest BCUT2D eigenvalue weighted by molar-refractivity contribution is 8.00. The summed E-state index contributed by atoms with van der Waals surface area (Å²) in [5.74, 6) is 0.970. The molecular formula is C13H15N3O2S2. The zero-order valence-corrected chi connectivity index (χ0v) is 12.5. The molecule has 2 aromatic rings. The number of carboxylic acids is 1. The summed E-state index contributed by atoms with van der Waals surface area (Å²) < 4.78 is 1.99. The Kier molecular flexibility index (Phi) is 5.49. The number of aliphatic carboxylic acids is 1. The smallest absolute Gasteiger partial charge is 0.313 e. The van der Waals surface area contributed by atoms with Crippen LogP contribution in [0.2, 0.25) is 0 Å². The molecule has 0 spiro atoms. The van der Waals surface area contributed by atoms with Crippen molar-refractivity contribution < 1.29 is 9.90 Å². The number of thioether (sulfide) groups is 2. The minimum Gasteiger partial charge on any atom is -0.481 e.